The lowest BCUT2D eigenvalue weighted by Gasteiger charge is -2.22. The lowest BCUT2D eigenvalue weighted by Crippen LogP contribution is -2.31. The van der Waals surface area contributed by atoms with Gasteiger partial charge in [0.2, 0.25) is 5.91 Å². The predicted octanol–water partition coefficient (Wildman–Crippen LogP) is 2.98. The molecule has 138 valence electrons. The number of benzene rings is 1. The van der Waals surface area contributed by atoms with Gasteiger partial charge in [-0.15, -0.1) is 0 Å². The molecule has 8 heteroatoms. The molecule has 3 amide bonds. The van der Waals surface area contributed by atoms with Crippen LogP contribution in [0.3, 0.4) is 0 Å². The highest BCUT2D eigenvalue weighted by Gasteiger charge is 2.28. The van der Waals surface area contributed by atoms with Gasteiger partial charge in [0, 0.05) is 30.9 Å². The summed E-state index contributed by atoms with van der Waals surface area (Å²) in [4.78, 5) is 30.3. The summed E-state index contributed by atoms with van der Waals surface area (Å²) in [5, 5.41) is 6.56. The average molecular weight is 373 g/mol. The normalized spacial score (nSPS) is 16.8. The molecular formula is C18H23N5O2S. The topological polar surface area (TPSA) is 79.3 Å². The van der Waals surface area contributed by atoms with E-state index in [4.69, 9.17) is 0 Å². The zero-order chi connectivity index (χ0) is 18.7. The molecule has 1 saturated heterocycles. The molecule has 0 unspecified atom stereocenters. The van der Waals surface area contributed by atoms with Gasteiger partial charge in [-0.3, -0.25) is 4.79 Å². The number of amides is 3. The second-order valence-electron chi connectivity index (χ2n) is 6.30. The Labute approximate surface area is 157 Å². The molecule has 2 N–H and O–H groups in total. The van der Waals surface area contributed by atoms with Crippen molar-refractivity contribution >= 4 is 35.1 Å². The van der Waals surface area contributed by atoms with Crippen molar-refractivity contribution in [3.8, 4) is 0 Å². The fourth-order valence-electron chi connectivity index (χ4n) is 3.09. The Hall–Kier alpha value is -2.48. The molecule has 1 fully saturated rings. The van der Waals surface area contributed by atoms with Gasteiger partial charge < -0.3 is 20.1 Å². The molecule has 7 nitrogen and oxygen atoms in total. The van der Waals surface area contributed by atoms with Gasteiger partial charge in [-0.1, -0.05) is 17.8 Å². The van der Waals surface area contributed by atoms with Gasteiger partial charge in [0.25, 0.3) is 0 Å². The van der Waals surface area contributed by atoms with Crippen LogP contribution >= 0.6 is 11.8 Å². The molecule has 0 aliphatic carbocycles. The van der Waals surface area contributed by atoms with Gasteiger partial charge in [-0.05, 0) is 37.8 Å². The molecule has 1 aliphatic heterocycles. The number of nitrogens with zero attached hydrogens (tertiary/aromatic N) is 3. The third-order valence-corrected chi connectivity index (χ3v) is 5.27. The maximum Gasteiger partial charge on any atom is 0.319 e. The number of hydrogen-bond acceptors (Lipinski definition) is 4. The van der Waals surface area contributed by atoms with E-state index in [1.54, 1.807) is 22.9 Å². The Balaban J connectivity index is 1.61. The van der Waals surface area contributed by atoms with Crippen LogP contribution in [0.15, 0.2) is 35.6 Å². The van der Waals surface area contributed by atoms with Crippen LogP contribution in [0, 0.1) is 0 Å². The zero-order valence-corrected chi connectivity index (χ0v) is 16.0. The first kappa shape index (κ1) is 18.3. The van der Waals surface area contributed by atoms with Crippen molar-refractivity contribution in [1.29, 1.82) is 0 Å². The maximum absolute atomic E-state index is 12.2. The van der Waals surface area contributed by atoms with Crippen molar-refractivity contribution < 1.29 is 9.59 Å². The van der Waals surface area contributed by atoms with Crippen LogP contribution in [0.5, 0.6) is 0 Å². The Morgan fingerprint density at radius 2 is 2.23 bits per heavy atom. The number of imidazole rings is 1. The number of hydrogen-bond donors (Lipinski definition) is 2. The molecule has 0 bridgehead atoms. The second-order valence-corrected chi connectivity index (χ2v) is 7.08. The molecule has 0 saturated carbocycles. The van der Waals surface area contributed by atoms with E-state index in [9.17, 15) is 9.59 Å². The largest absolute Gasteiger partial charge is 0.332 e. The van der Waals surface area contributed by atoms with Crippen LogP contribution in [0.4, 0.5) is 16.2 Å². The number of carbonyl (C=O) groups is 2. The molecule has 1 aliphatic rings. The first-order chi connectivity index (χ1) is 12.5. The second kappa shape index (κ2) is 7.82. The molecule has 1 aromatic carbocycles. The van der Waals surface area contributed by atoms with Crippen LogP contribution < -0.4 is 15.5 Å². The molecule has 1 aromatic heterocycles. The van der Waals surface area contributed by atoms with Crippen molar-refractivity contribution in [2.75, 3.05) is 16.5 Å². The van der Waals surface area contributed by atoms with Crippen molar-refractivity contribution in [3.63, 3.8) is 0 Å². The standard InChI is InChI=1S/C18H23N5O2S/c1-12-7-8-16(24)23(12)14-6-4-5-13(9-14)21-17(25)19-10-15-11-20-18(26-3)22(15)2/h4-6,9,11-12H,7-8,10H2,1-3H3,(H2,19,21,25)/t12-/m0/s1. The predicted molar refractivity (Wildman–Crippen MR) is 103 cm³/mol. The van der Waals surface area contributed by atoms with Crippen molar-refractivity contribution in [1.82, 2.24) is 14.9 Å². The Kier molecular flexibility index (Phi) is 5.51. The van der Waals surface area contributed by atoms with E-state index in [0.717, 1.165) is 23.0 Å². The summed E-state index contributed by atoms with van der Waals surface area (Å²) in [6, 6.07) is 7.26. The number of rotatable bonds is 5. The summed E-state index contributed by atoms with van der Waals surface area (Å²) in [5.41, 5.74) is 2.39. The van der Waals surface area contributed by atoms with E-state index in [-0.39, 0.29) is 18.0 Å². The van der Waals surface area contributed by atoms with Crippen LogP contribution in [0.25, 0.3) is 0 Å². The monoisotopic (exact) mass is 373 g/mol. The van der Waals surface area contributed by atoms with E-state index >= 15 is 0 Å². The molecule has 1 atom stereocenters. The summed E-state index contributed by atoms with van der Waals surface area (Å²) in [7, 11) is 1.92. The Bertz CT molecular complexity index is 820. The number of thioether (sulfide) groups is 1. The summed E-state index contributed by atoms with van der Waals surface area (Å²) in [6.07, 6.45) is 5.15. The van der Waals surface area contributed by atoms with Crippen LogP contribution in [-0.2, 0) is 18.4 Å². The van der Waals surface area contributed by atoms with Crippen LogP contribution in [0.2, 0.25) is 0 Å². The maximum atomic E-state index is 12.2. The Morgan fingerprint density at radius 1 is 1.42 bits per heavy atom. The molecule has 26 heavy (non-hydrogen) atoms. The summed E-state index contributed by atoms with van der Waals surface area (Å²) in [5.74, 6) is 0.125. The number of anilines is 2. The van der Waals surface area contributed by atoms with Gasteiger partial charge in [0.05, 0.1) is 18.4 Å². The lowest BCUT2D eigenvalue weighted by atomic mass is 10.2. The quantitative estimate of drug-likeness (QED) is 0.790. The SMILES string of the molecule is CSc1ncc(CNC(=O)Nc2cccc(N3C(=O)CC[C@@H]3C)c2)n1C. The molecular weight excluding hydrogens is 350 g/mol. The van der Waals surface area contributed by atoms with Crippen molar-refractivity contribution in [3.05, 3.63) is 36.2 Å². The highest BCUT2D eigenvalue weighted by molar-refractivity contribution is 7.98. The fraction of sp³-hybridized carbons (Fsp3) is 0.389. The van der Waals surface area contributed by atoms with E-state index in [0.29, 0.717) is 18.7 Å². The van der Waals surface area contributed by atoms with Crippen molar-refractivity contribution in [2.45, 2.75) is 37.5 Å². The number of aromatic nitrogens is 2. The van der Waals surface area contributed by atoms with Gasteiger partial charge in [0.15, 0.2) is 5.16 Å². The summed E-state index contributed by atoms with van der Waals surface area (Å²) < 4.78 is 1.95. The number of urea groups is 1. The molecule has 0 spiro atoms. The van der Waals surface area contributed by atoms with E-state index in [1.165, 1.54) is 0 Å². The van der Waals surface area contributed by atoms with Crippen LogP contribution in [-0.4, -0.2) is 33.8 Å². The number of carbonyl (C=O) groups excluding carboxylic acids is 2. The zero-order valence-electron chi connectivity index (χ0n) is 15.2. The first-order valence-electron chi connectivity index (χ1n) is 8.51. The Morgan fingerprint density at radius 3 is 2.88 bits per heavy atom. The molecule has 3 rings (SSSR count). The van der Waals surface area contributed by atoms with Gasteiger partial charge in [-0.2, -0.15) is 0 Å². The molecule has 0 radical (unpaired) electrons. The molecule has 2 heterocycles. The van der Waals surface area contributed by atoms with Gasteiger partial charge in [-0.25, -0.2) is 9.78 Å². The van der Waals surface area contributed by atoms with E-state index in [2.05, 4.69) is 15.6 Å². The minimum Gasteiger partial charge on any atom is -0.332 e. The first-order valence-corrected chi connectivity index (χ1v) is 9.73. The number of nitrogens with one attached hydrogen (secondary N) is 2. The molecule has 2 aromatic rings. The van der Waals surface area contributed by atoms with E-state index in [1.807, 2.05) is 49.1 Å². The third-order valence-electron chi connectivity index (χ3n) is 4.52. The third kappa shape index (κ3) is 3.85. The van der Waals surface area contributed by atoms with Gasteiger partial charge >= 0.3 is 6.03 Å². The fourth-order valence-corrected chi connectivity index (χ4v) is 3.63. The minimum atomic E-state index is -0.296. The lowest BCUT2D eigenvalue weighted by molar-refractivity contribution is -0.117. The van der Waals surface area contributed by atoms with Gasteiger partial charge in [0.1, 0.15) is 0 Å². The van der Waals surface area contributed by atoms with Crippen molar-refractivity contribution in [2.24, 2.45) is 7.05 Å². The minimum absolute atomic E-state index is 0.125. The van der Waals surface area contributed by atoms with E-state index < -0.39 is 0 Å². The average Bonchev–Trinajstić information content (AvgIpc) is 3.15. The smallest absolute Gasteiger partial charge is 0.319 e. The van der Waals surface area contributed by atoms with Crippen LogP contribution in [0.1, 0.15) is 25.5 Å². The highest BCUT2D eigenvalue weighted by atomic mass is 32.2. The highest BCUT2D eigenvalue weighted by Crippen LogP contribution is 2.28. The summed E-state index contributed by atoms with van der Waals surface area (Å²) >= 11 is 1.56. The summed E-state index contributed by atoms with van der Waals surface area (Å²) in [6.45, 7) is 2.42.